The number of imidazole rings is 1. The lowest BCUT2D eigenvalue weighted by Crippen LogP contribution is -2.10. The van der Waals surface area contributed by atoms with Gasteiger partial charge in [0.15, 0.2) is 0 Å². The fraction of sp³-hybridized carbons (Fsp3) is 0.700. The smallest absolute Gasteiger partial charge is 0.108 e. The van der Waals surface area contributed by atoms with Gasteiger partial charge in [-0.3, -0.25) is 0 Å². The fourth-order valence-electron chi connectivity index (χ4n) is 1.40. The zero-order chi connectivity index (χ0) is 10.4. The second kappa shape index (κ2) is 5.78. The van der Waals surface area contributed by atoms with Gasteiger partial charge in [0.2, 0.25) is 0 Å². The highest BCUT2D eigenvalue weighted by molar-refractivity contribution is 4.91. The molecule has 0 spiro atoms. The minimum atomic E-state index is -0.321. The Kier molecular flexibility index (Phi) is 4.62. The van der Waals surface area contributed by atoms with Crippen molar-refractivity contribution in [3.05, 3.63) is 18.2 Å². The van der Waals surface area contributed by atoms with Crippen molar-refractivity contribution < 1.29 is 10.2 Å². The van der Waals surface area contributed by atoms with E-state index in [9.17, 15) is 5.11 Å². The van der Waals surface area contributed by atoms with Crippen LogP contribution in [0, 0.1) is 0 Å². The first-order valence-electron chi connectivity index (χ1n) is 4.99. The zero-order valence-electron chi connectivity index (χ0n) is 8.56. The second-order valence-electron chi connectivity index (χ2n) is 3.51. The highest BCUT2D eigenvalue weighted by Gasteiger charge is 2.06. The molecule has 4 nitrogen and oxygen atoms in total. The monoisotopic (exact) mass is 198 g/mol. The minimum Gasteiger partial charge on any atom is -0.396 e. The van der Waals surface area contributed by atoms with E-state index in [2.05, 4.69) is 4.98 Å². The first-order valence-corrected chi connectivity index (χ1v) is 4.99. The van der Waals surface area contributed by atoms with E-state index < -0.39 is 0 Å². The van der Waals surface area contributed by atoms with Crippen molar-refractivity contribution in [2.75, 3.05) is 6.61 Å². The van der Waals surface area contributed by atoms with Gasteiger partial charge < -0.3 is 14.8 Å². The van der Waals surface area contributed by atoms with Crippen molar-refractivity contribution in [3.63, 3.8) is 0 Å². The lowest BCUT2D eigenvalue weighted by atomic mass is 10.1. The predicted octanol–water partition coefficient (Wildman–Crippen LogP) is 0.486. The molecule has 0 aliphatic heterocycles. The molecule has 0 aromatic carbocycles. The molecule has 2 N–H and O–H groups in total. The van der Waals surface area contributed by atoms with Crippen LogP contribution < -0.4 is 0 Å². The molecule has 0 saturated carbocycles. The van der Waals surface area contributed by atoms with Crippen LogP contribution in [0.3, 0.4) is 0 Å². The Morgan fingerprint density at radius 2 is 2.29 bits per heavy atom. The lowest BCUT2D eigenvalue weighted by Gasteiger charge is -2.08. The molecule has 0 fully saturated rings. The Morgan fingerprint density at radius 1 is 1.50 bits per heavy atom. The molecule has 80 valence electrons. The number of rotatable bonds is 6. The summed E-state index contributed by atoms with van der Waals surface area (Å²) in [5.74, 6) is 0.994. The number of aliphatic hydroxyl groups is 2. The van der Waals surface area contributed by atoms with E-state index in [1.165, 1.54) is 0 Å². The molecule has 1 unspecified atom stereocenters. The fourth-order valence-corrected chi connectivity index (χ4v) is 1.40. The number of aliphatic hydroxyl groups excluding tert-OH is 2. The summed E-state index contributed by atoms with van der Waals surface area (Å²) in [5, 5.41) is 18.1. The van der Waals surface area contributed by atoms with E-state index >= 15 is 0 Å². The molecule has 4 heteroatoms. The first-order chi connectivity index (χ1) is 6.74. The maximum atomic E-state index is 9.52. The van der Waals surface area contributed by atoms with Crippen molar-refractivity contribution in [1.82, 2.24) is 9.55 Å². The number of hydrogen-bond acceptors (Lipinski definition) is 3. The molecule has 0 radical (unpaired) electrons. The Labute approximate surface area is 84.2 Å². The molecule has 1 aromatic heterocycles. The van der Waals surface area contributed by atoms with Crippen LogP contribution in [-0.4, -0.2) is 32.5 Å². The average molecular weight is 198 g/mol. The lowest BCUT2D eigenvalue weighted by molar-refractivity contribution is 0.140. The van der Waals surface area contributed by atoms with Crippen molar-refractivity contribution in [1.29, 1.82) is 0 Å². The normalized spacial score (nSPS) is 13.1. The van der Waals surface area contributed by atoms with Crippen molar-refractivity contribution in [2.45, 2.75) is 31.8 Å². The Bertz CT molecular complexity index is 260. The van der Waals surface area contributed by atoms with Gasteiger partial charge in [-0.25, -0.2) is 4.98 Å². The van der Waals surface area contributed by atoms with Gasteiger partial charge in [0.05, 0.1) is 6.10 Å². The van der Waals surface area contributed by atoms with Crippen LogP contribution in [0.2, 0.25) is 0 Å². The molecular formula is C10H18N2O2. The summed E-state index contributed by atoms with van der Waals surface area (Å²) in [6, 6.07) is 0. The molecule has 14 heavy (non-hydrogen) atoms. The zero-order valence-corrected chi connectivity index (χ0v) is 8.56. The third-order valence-electron chi connectivity index (χ3n) is 2.32. The molecule has 0 aliphatic carbocycles. The summed E-state index contributed by atoms with van der Waals surface area (Å²) in [6.45, 7) is 0.152. The predicted molar refractivity (Wildman–Crippen MR) is 53.9 cm³/mol. The SMILES string of the molecule is Cn1ccnc1CCC(O)CCCO. The third kappa shape index (κ3) is 3.47. The molecular weight excluding hydrogens is 180 g/mol. The Hall–Kier alpha value is -0.870. The van der Waals surface area contributed by atoms with E-state index in [4.69, 9.17) is 5.11 Å². The van der Waals surface area contributed by atoms with Gasteiger partial charge in [-0.15, -0.1) is 0 Å². The number of hydrogen-bond donors (Lipinski definition) is 2. The highest BCUT2D eigenvalue weighted by Crippen LogP contribution is 2.06. The molecule has 0 bridgehead atoms. The van der Waals surface area contributed by atoms with Gasteiger partial charge in [0.25, 0.3) is 0 Å². The van der Waals surface area contributed by atoms with Gasteiger partial charge in [-0.2, -0.15) is 0 Å². The first kappa shape index (κ1) is 11.2. The summed E-state index contributed by atoms with van der Waals surface area (Å²) < 4.78 is 1.96. The molecule has 1 atom stereocenters. The standard InChI is InChI=1S/C10H18N2O2/c1-12-7-6-11-10(12)5-4-9(14)3-2-8-13/h6-7,9,13-14H,2-5,8H2,1H3. The van der Waals surface area contributed by atoms with Crippen molar-refractivity contribution in [2.24, 2.45) is 7.05 Å². The summed E-state index contributed by atoms with van der Waals surface area (Å²) >= 11 is 0. The van der Waals surface area contributed by atoms with Crippen LogP contribution >= 0.6 is 0 Å². The molecule has 0 amide bonds. The largest absolute Gasteiger partial charge is 0.396 e. The quantitative estimate of drug-likeness (QED) is 0.699. The van der Waals surface area contributed by atoms with Gasteiger partial charge in [-0.05, 0) is 19.3 Å². The molecule has 0 aliphatic rings. The number of aromatic nitrogens is 2. The topological polar surface area (TPSA) is 58.3 Å². The molecule has 1 aromatic rings. The summed E-state index contributed by atoms with van der Waals surface area (Å²) in [7, 11) is 1.95. The molecule has 1 heterocycles. The van der Waals surface area contributed by atoms with Crippen LogP contribution in [-0.2, 0) is 13.5 Å². The summed E-state index contributed by atoms with van der Waals surface area (Å²) in [5.41, 5.74) is 0. The van der Waals surface area contributed by atoms with Gasteiger partial charge in [-0.1, -0.05) is 0 Å². The van der Waals surface area contributed by atoms with Crippen LogP contribution in [0.15, 0.2) is 12.4 Å². The van der Waals surface area contributed by atoms with Crippen LogP contribution in [0.4, 0.5) is 0 Å². The molecule has 0 saturated heterocycles. The van der Waals surface area contributed by atoms with E-state index in [1.54, 1.807) is 6.20 Å². The van der Waals surface area contributed by atoms with Gasteiger partial charge in [0, 0.05) is 32.5 Å². The van der Waals surface area contributed by atoms with E-state index in [1.807, 2.05) is 17.8 Å². The molecule has 1 rings (SSSR count). The van der Waals surface area contributed by atoms with Crippen LogP contribution in [0.1, 0.15) is 25.1 Å². The van der Waals surface area contributed by atoms with Crippen LogP contribution in [0.5, 0.6) is 0 Å². The Morgan fingerprint density at radius 3 is 2.86 bits per heavy atom. The number of aryl methyl sites for hydroxylation is 2. The maximum absolute atomic E-state index is 9.52. The van der Waals surface area contributed by atoms with E-state index in [-0.39, 0.29) is 12.7 Å². The average Bonchev–Trinajstić information content (AvgIpc) is 2.58. The number of nitrogens with zero attached hydrogens (tertiary/aromatic N) is 2. The van der Waals surface area contributed by atoms with Crippen molar-refractivity contribution in [3.8, 4) is 0 Å². The Balaban J connectivity index is 2.23. The highest BCUT2D eigenvalue weighted by atomic mass is 16.3. The van der Waals surface area contributed by atoms with Crippen LogP contribution in [0.25, 0.3) is 0 Å². The van der Waals surface area contributed by atoms with Gasteiger partial charge >= 0.3 is 0 Å². The second-order valence-corrected chi connectivity index (χ2v) is 3.51. The van der Waals surface area contributed by atoms with E-state index in [0.717, 1.165) is 12.2 Å². The van der Waals surface area contributed by atoms with E-state index in [0.29, 0.717) is 19.3 Å². The summed E-state index contributed by atoms with van der Waals surface area (Å²) in [4.78, 5) is 4.17. The minimum absolute atomic E-state index is 0.152. The summed E-state index contributed by atoms with van der Waals surface area (Å²) in [6.07, 6.45) is 6.17. The maximum Gasteiger partial charge on any atom is 0.108 e. The third-order valence-corrected chi connectivity index (χ3v) is 2.32. The van der Waals surface area contributed by atoms with Gasteiger partial charge in [0.1, 0.15) is 5.82 Å². The van der Waals surface area contributed by atoms with Crippen molar-refractivity contribution >= 4 is 0 Å².